The molecule has 1 N–H and O–H groups in total. The van der Waals surface area contributed by atoms with E-state index in [-0.39, 0.29) is 47.6 Å². The monoisotopic (exact) mass is 436 g/mol. The van der Waals surface area contributed by atoms with Crippen molar-refractivity contribution in [3.05, 3.63) is 11.6 Å². The lowest BCUT2D eigenvalue weighted by atomic mass is 9.46. The average molecular weight is 437 g/mol. The van der Waals surface area contributed by atoms with Gasteiger partial charge in [-0.1, -0.05) is 32.4 Å². The van der Waals surface area contributed by atoms with Crippen molar-refractivity contribution in [2.75, 3.05) is 7.11 Å². The lowest BCUT2D eigenvalue weighted by Crippen LogP contribution is -2.53. The molecule has 6 nitrogen and oxygen atoms in total. The third-order valence-corrected chi connectivity index (χ3v) is 8.34. The maximum Gasteiger partial charge on any atom is 0.308 e. The van der Waals surface area contributed by atoms with Gasteiger partial charge < -0.3 is 14.6 Å². The van der Waals surface area contributed by atoms with Crippen LogP contribution in [-0.2, 0) is 23.9 Å². The largest absolute Gasteiger partial charge is 0.481 e. The van der Waals surface area contributed by atoms with Gasteiger partial charge in [-0.15, -0.1) is 0 Å². The van der Waals surface area contributed by atoms with E-state index in [0.717, 1.165) is 38.5 Å². The van der Waals surface area contributed by atoms with E-state index in [1.165, 1.54) is 12.7 Å². The Bertz CT molecular complexity index is 713. The Morgan fingerprint density at radius 3 is 2.48 bits per heavy atom. The maximum atomic E-state index is 12.2. The van der Waals surface area contributed by atoms with Crippen molar-refractivity contribution in [3.63, 3.8) is 0 Å². The lowest BCUT2D eigenvalue weighted by molar-refractivity contribution is -0.163. The van der Waals surface area contributed by atoms with Crippen molar-refractivity contribution in [1.82, 2.24) is 0 Å². The molecule has 2 aliphatic rings. The van der Waals surface area contributed by atoms with Crippen LogP contribution in [-0.4, -0.2) is 36.2 Å². The van der Waals surface area contributed by atoms with Crippen LogP contribution in [0.15, 0.2) is 11.6 Å². The van der Waals surface area contributed by atoms with E-state index in [4.69, 9.17) is 14.6 Å². The van der Waals surface area contributed by atoms with E-state index in [9.17, 15) is 14.4 Å². The second kappa shape index (κ2) is 10.2. The van der Waals surface area contributed by atoms with Crippen molar-refractivity contribution >= 4 is 17.9 Å². The second-order valence-electron chi connectivity index (χ2n) is 10.1. The van der Waals surface area contributed by atoms with Gasteiger partial charge in [-0.2, -0.15) is 0 Å². The molecule has 2 aliphatic carbocycles. The molecule has 1 fully saturated rings. The fourth-order valence-electron chi connectivity index (χ4n) is 6.30. The zero-order valence-corrected chi connectivity index (χ0v) is 20.0. The molecular formula is C25H40O6. The van der Waals surface area contributed by atoms with Crippen LogP contribution in [0.3, 0.4) is 0 Å². The van der Waals surface area contributed by atoms with Crippen molar-refractivity contribution in [1.29, 1.82) is 0 Å². The predicted octanol–water partition coefficient (Wildman–Crippen LogP) is 5.15. The molecule has 1 saturated carbocycles. The Labute approximate surface area is 186 Å². The third-order valence-electron chi connectivity index (χ3n) is 8.34. The summed E-state index contributed by atoms with van der Waals surface area (Å²) in [7, 11) is 1.43. The summed E-state index contributed by atoms with van der Waals surface area (Å²) in [4.78, 5) is 35.1. The number of hydrogen-bond acceptors (Lipinski definition) is 5. The Kier molecular flexibility index (Phi) is 8.34. The Morgan fingerprint density at radius 1 is 1.19 bits per heavy atom. The summed E-state index contributed by atoms with van der Waals surface area (Å²) >= 11 is 0. The molecule has 6 heteroatoms. The first kappa shape index (κ1) is 25.4. The van der Waals surface area contributed by atoms with Crippen molar-refractivity contribution in [3.8, 4) is 0 Å². The smallest absolute Gasteiger partial charge is 0.308 e. The number of carbonyl (C=O) groups excluding carboxylic acids is 2. The van der Waals surface area contributed by atoms with E-state index >= 15 is 0 Å². The Hall–Kier alpha value is -1.85. The number of carbonyl (C=O) groups is 3. The molecule has 0 radical (unpaired) electrons. The molecule has 0 aromatic carbocycles. The predicted molar refractivity (Wildman–Crippen MR) is 118 cm³/mol. The van der Waals surface area contributed by atoms with E-state index in [1.54, 1.807) is 0 Å². The maximum absolute atomic E-state index is 12.2. The van der Waals surface area contributed by atoms with Crippen molar-refractivity contribution in [2.45, 2.75) is 92.1 Å². The van der Waals surface area contributed by atoms with Crippen LogP contribution in [0, 0.1) is 28.6 Å². The molecule has 6 unspecified atom stereocenters. The molecule has 0 saturated heterocycles. The van der Waals surface area contributed by atoms with E-state index in [1.807, 2.05) is 13.8 Å². The fourth-order valence-corrected chi connectivity index (χ4v) is 6.30. The highest BCUT2D eigenvalue weighted by Gasteiger charge is 2.56. The normalized spacial score (nSPS) is 32.3. The first-order valence-electron chi connectivity index (χ1n) is 11.6. The van der Waals surface area contributed by atoms with Gasteiger partial charge in [-0.3, -0.25) is 14.4 Å². The van der Waals surface area contributed by atoms with Gasteiger partial charge in [0, 0.05) is 5.92 Å². The van der Waals surface area contributed by atoms with Crippen LogP contribution in [0.2, 0.25) is 0 Å². The minimum atomic E-state index is -0.996. The highest BCUT2D eigenvalue weighted by atomic mass is 16.5. The first-order chi connectivity index (χ1) is 14.5. The summed E-state index contributed by atoms with van der Waals surface area (Å²) in [5.41, 5.74) is 1.46. The number of methoxy groups -OCH3 is 1. The van der Waals surface area contributed by atoms with E-state index in [2.05, 4.69) is 26.8 Å². The molecule has 176 valence electrons. The zero-order valence-electron chi connectivity index (χ0n) is 20.0. The second-order valence-corrected chi connectivity index (χ2v) is 10.1. The van der Waals surface area contributed by atoms with Gasteiger partial charge in [-0.05, 0) is 69.1 Å². The standard InChI is InChI=1S/C25H40O6/c1-16(23(29)30-6)12-14-25(5)19(18(3)31-22(28)11-10-21(26)27)13-15-24(4)17(2)8-7-9-20(24)25/h8,16,18-20H,7,9-15H2,1-6H3,(H,26,27). The summed E-state index contributed by atoms with van der Waals surface area (Å²) in [6.45, 7) is 10.8. The number of rotatable bonds is 9. The molecule has 0 heterocycles. The first-order valence-corrected chi connectivity index (χ1v) is 11.6. The van der Waals surface area contributed by atoms with Crippen LogP contribution in [0.5, 0.6) is 0 Å². The number of aliphatic carboxylic acids is 1. The minimum Gasteiger partial charge on any atom is -0.481 e. The number of allylic oxidation sites excluding steroid dienone is 2. The molecule has 0 aromatic rings. The number of hydrogen-bond donors (Lipinski definition) is 1. The van der Waals surface area contributed by atoms with Crippen LogP contribution < -0.4 is 0 Å². The molecule has 31 heavy (non-hydrogen) atoms. The molecular weight excluding hydrogens is 396 g/mol. The number of carboxylic acid groups (broad SMARTS) is 1. The highest BCUT2D eigenvalue weighted by Crippen LogP contribution is 2.62. The number of fused-ring (bicyclic) bond motifs is 1. The third kappa shape index (κ3) is 5.50. The molecule has 0 amide bonds. The number of carboxylic acids is 1. The molecule has 0 bridgehead atoms. The summed E-state index contributed by atoms with van der Waals surface area (Å²) in [5, 5.41) is 8.85. The summed E-state index contributed by atoms with van der Waals surface area (Å²) in [6, 6.07) is 0. The number of ether oxygens (including phenoxy) is 2. The van der Waals surface area contributed by atoms with E-state index < -0.39 is 11.9 Å². The van der Waals surface area contributed by atoms with Crippen molar-refractivity contribution in [2.24, 2.45) is 28.6 Å². The van der Waals surface area contributed by atoms with Crippen molar-refractivity contribution < 1.29 is 29.0 Å². The van der Waals surface area contributed by atoms with Crippen LogP contribution in [0.4, 0.5) is 0 Å². The van der Waals surface area contributed by atoms with Gasteiger partial charge in [-0.25, -0.2) is 0 Å². The quantitative estimate of drug-likeness (QED) is 0.397. The summed E-state index contributed by atoms with van der Waals surface area (Å²) < 4.78 is 10.7. The Balaban J connectivity index is 2.26. The van der Waals surface area contributed by atoms with Gasteiger partial charge >= 0.3 is 17.9 Å². The highest BCUT2D eigenvalue weighted by molar-refractivity contribution is 5.76. The van der Waals surface area contributed by atoms with Gasteiger partial charge in [0.1, 0.15) is 6.10 Å². The molecule has 0 aliphatic heterocycles. The molecule has 2 rings (SSSR count). The topological polar surface area (TPSA) is 89.9 Å². The van der Waals surface area contributed by atoms with E-state index in [0.29, 0.717) is 5.92 Å². The van der Waals surface area contributed by atoms with Crippen LogP contribution in [0.1, 0.15) is 86.0 Å². The van der Waals surface area contributed by atoms with Crippen LogP contribution >= 0.6 is 0 Å². The SMILES string of the molecule is COC(=O)C(C)CCC1(C)C(C(C)OC(=O)CCC(=O)O)CCC2(C)C(C)=CCCC21. The van der Waals surface area contributed by atoms with Gasteiger partial charge in [0.2, 0.25) is 0 Å². The molecule has 0 aromatic heterocycles. The van der Waals surface area contributed by atoms with Gasteiger partial charge in [0.25, 0.3) is 0 Å². The van der Waals surface area contributed by atoms with Gasteiger partial charge in [0.05, 0.1) is 25.9 Å². The Morgan fingerprint density at radius 2 is 1.87 bits per heavy atom. The molecule has 6 atom stereocenters. The number of esters is 2. The fraction of sp³-hybridized carbons (Fsp3) is 0.800. The van der Waals surface area contributed by atoms with Crippen LogP contribution in [0.25, 0.3) is 0 Å². The zero-order chi connectivity index (χ0) is 23.4. The van der Waals surface area contributed by atoms with Gasteiger partial charge in [0.15, 0.2) is 0 Å². The molecule has 0 spiro atoms. The lowest BCUT2D eigenvalue weighted by Gasteiger charge is -2.59. The summed E-state index contributed by atoms with van der Waals surface area (Å²) in [5.74, 6) is -1.21. The minimum absolute atomic E-state index is 0.0999. The average Bonchev–Trinajstić information content (AvgIpc) is 2.71. The summed E-state index contributed by atoms with van der Waals surface area (Å²) in [6.07, 6.45) is 7.46.